The number of halogens is 1. The van der Waals surface area contributed by atoms with E-state index in [1.54, 1.807) is 0 Å². The molecule has 1 aromatic rings. The van der Waals surface area contributed by atoms with Crippen LogP contribution in [-0.2, 0) is 4.74 Å². The van der Waals surface area contributed by atoms with Crippen molar-refractivity contribution in [2.24, 2.45) is 11.7 Å². The van der Waals surface area contributed by atoms with E-state index in [9.17, 15) is 0 Å². The maximum atomic E-state index is 6.36. The van der Waals surface area contributed by atoms with Gasteiger partial charge >= 0.3 is 0 Å². The topological polar surface area (TPSA) is 44.5 Å². The molecule has 2 aliphatic rings. The van der Waals surface area contributed by atoms with Crippen molar-refractivity contribution in [3.8, 4) is 5.75 Å². The fraction of sp³-hybridized carbons (Fsp3) is 0.625. The maximum Gasteiger partial charge on any atom is 0.125 e. The summed E-state index contributed by atoms with van der Waals surface area (Å²) < 4.78 is 12.2. The van der Waals surface area contributed by atoms with Crippen LogP contribution in [0, 0.1) is 5.92 Å². The monoisotopic (exact) mass is 295 g/mol. The zero-order valence-corrected chi connectivity index (χ0v) is 12.8. The molecule has 0 radical (unpaired) electrons. The highest BCUT2D eigenvalue weighted by Gasteiger charge is 2.44. The SMILES string of the molecule is CC(C)C1CC2(CCO1)C[C@H](N)c1cc(Cl)ccc1O2. The van der Waals surface area contributed by atoms with Crippen LogP contribution >= 0.6 is 11.6 Å². The number of hydrogen-bond acceptors (Lipinski definition) is 3. The molecular formula is C16H22ClNO2. The first kappa shape index (κ1) is 14.2. The van der Waals surface area contributed by atoms with Crippen LogP contribution in [0.1, 0.15) is 44.7 Å². The van der Waals surface area contributed by atoms with Crippen molar-refractivity contribution in [2.45, 2.75) is 50.9 Å². The summed E-state index contributed by atoms with van der Waals surface area (Å²) >= 11 is 6.05. The minimum Gasteiger partial charge on any atom is -0.487 e. The van der Waals surface area contributed by atoms with E-state index in [0.29, 0.717) is 10.9 Å². The molecule has 1 aromatic carbocycles. The summed E-state index contributed by atoms with van der Waals surface area (Å²) in [4.78, 5) is 0. The molecule has 2 N–H and O–H groups in total. The molecular weight excluding hydrogens is 274 g/mol. The second-order valence-electron chi connectivity index (χ2n) is 6.39. The lowest BCUT2D eigenvalue weighted by atomic mass is 9.78. The van der Waals surface area contributed by atoms with Crippen molar-refractivity contribution in [1.82, 2.24) is 0 Å². The largest absolute Gasteiger partial charge is 0.487 e. The first-order chi connectivity index (χ1) is 9.49. The van der Waals surface area contributed by atoms with Gasteiger partial charge in [-0.3, -0.25) is 0 Å². The van der Waals surface area contributed by atoms with E-state index in [0.717, 1.165) is 37.2 Å². The normalized spacial score (nSPS) is 33.0. The Hall–Kier alpha value is -0.770. The summed E-state index contributed by atoms with van der Waals surface area (Å²) in [6.45, 7) is 5.14. The third-order valence-corrected chi connectivity index (χ3v) is 4.73. The van der Waals surface area contributed by atoms with E-state index >= 15 is 0 Å². The third kappa shape index (κ3) is 2.54. The molecule has 0 aromatic heterocycles. The fourth-order valence-corrected chi connectivity index (χ4v) is 3.50. The zero-order valence-electron chi connectivity index (χ0n) is 12.1. The van der Waals surface area contributed by atoms with Gasteiger partial charge in [0.25, 0.3) is 0 Å². The second kappa shape index (κ2) is 5.21. The van der Waals surface area contributed by atoms with Crippen molar-refractivity contribution in [3.05, 3.63) is 28.8 Å². The van der Waals surface area contributed by atoms with Gasteiger partial charge in [0, 0.05) is 35.9 Å². The average molecular weight is 296 g/mol. The highest BCUT2D eigenvalue weighted by Crippen LogP contribution is 2.45. The van der Waals surface area contributed by atoms with E-state index in [-0.39, 0.29) is 17.7 Å². The predicted molar refractivity (Wildman–Crippen MR) is 80.2 cm³/mol. The summed E-state index contributed by atoms with van der Waals surface area (Å²) in [5.41, 5.74) is 7.21. The Balaban J connectivity index is 1.88. The molecule has 4 heteroatoms. The van der Waals surface area contributed by atoms with E-state index in [4.69, 9.17) is 26.8 Å². The Labute approximate surface area is 125 Å². The van der Waals surface area contributed by atoms with Crippen molar-refractivity contribution in [1.29, 1.82) is 0 Å². The molecule has 1 spiro atoms. The van der Waals surface area contributed by atoms with Crippen LogP contribution in [0.25, 0.3) is 0 Å². The lowest BCUT2D eigenvalue weighted by molar-refractivity contribution is -0.115. The summed E-state index contributed by atoms with van der Waals surface area (Å²) in [5, 5.41) is 0.714. The predicted octanol–water partition coefficient (Wildman–Crippen LogP) is 3.70. The first-order valence-electron chi connectivity index (χ1n) is 7.35. The Kier molecular flexibility index (Phi) is 3.69. The number of fused-ring (bicyclic) bond motifs is 1. The van der Waals surface area contributed by atoms with Crippen molar-refractivity contribution in [2.75, 3.05) is 6.61 Å². The Bertz CT molecular complexity index is 505. The van der Waals surface area contributed by atoms with Gasteiger partial charge in [0.15, 0.2) is 0 Å². The number of rotatable bonds is 1. The molecule has 1 saturated heterocycles. The van der Waals surface area contributed by atoms with E-state index in [1.807, 2.05) is 18.2 Å². The second-order valence-corrected chi connectivity index (χ2v) is 6.82. The average Bonchev–Trinajstić information content (AvgIpc) is 2.40. The molecule has 3 atom stereocenters. The molecule has 1 fully saturated rings. The molecule has 3 nitrogen and oxygen atoms in total. The summed E-state index contributed by atoms with van der Waals surface area (Å²) in [6, 6.07) is 5.72. The van der Waals surface area contributed by atoms with Gasteiger partial charge in [0.2, 0.25) is 0 Å². The van der Waals surface area contributed by atoms with Crippen LogP contribution in [0.3, 0.4) is 0 Å². The number of nitrogens with two attached hydrogens (primary N) is 1. The van der Waals surface area contributed by atoms with Crippen molar-refractivity contribution in [3.63, 3.8) is 0 Å². The molecule has 20 heavy (non-hydrogen) atoms. The van der Waals surface area contributed by atoms with Gasteiger partial charge in [0.05, 0.1) is 12.7 Å². The molecule has 3 rings (SSSR count). The van der Waals surface area contributed by atoms with Crippen molar-refractivity contribution >= 4 is 11.6 Å². The van der Waals surface area contributed by atoms with Gasteiger partial charge in [-0.25, -0.2) is 0 Å². The molecule has 2 unspecified atom stereocenters. The highest BCUT2D eigenvalue weighted by molar-refractivity contribution is 6.30. The lowest BCUT2D eigenvalue weighted by Crippen LogP contribution is -2.50. The number of ether oxygens (including phenoxy) is 2. The summed E-state index contributed by atoms with van der Waals surface area (Å²) in [6.07, 6.45) is 2.92. The maximum absolute atomic E-state index is 6.36. The molecule has 0 saturated carbocycles. The van der Waals surface area contributed by atoms with Gasteiger partial charge in [-0.05, 0) is 24.1 Å². The molecule has 2 aliphatic heterocycles. The summed E-state index contributed by atoms with van der Waals surface area (Å²) in [7, 11) is 0. The van der Waals surface area contributed by atoms with E-state index in [1.165, 1.54) is 0 Å². The smallest absolute Gasteiger partial charge is 0.125 e. The third-order valence-electron chi connectivity index (χ3n) is 4.50. The van der Waals surface area contributed by atoms with E-state index in [2.05, 4.69) is 13.8 Å². The van der Waals surface area contributed by atoms with Crippen LogP contribution in [0.4, 0.5) is 0 Å². The molecule has 0 bridgehead atoms. The van der Waals surface area contributed by atoms with Gasteiger partial charge in [-0.2, -0.15) is 0 Å². The molecule has 0 amide bonds. The standard InChI is InChI=1S/C16H22ClNO2/c1-10(2)15-9-16(5-6-19-15)8-13(18)12-7-11(17)3-4-14(12)20-16/h3-4,7,10,13,15H,5-6,8-9,18H2,1-2H3/t13-,15?,16?/m0/s1. The molecule has 2 heterocycles. The van der Waals surface area contributed by atoms with Gasteiger partial charge in [0.1, 0.15) is 11.4 Å². The van der Waals surface area contributed by atoms with Crippen LogP contribution in [0.5, 0.6) is 5.75 Å². The minimum atomic E-state index is -0.173. The number of hydrogen-bond donors (Lipinski definition) is 1. The van der Waals surface area contributed by atoms with Gasteiger partial charge in [-0.1, -0.05) is 25.4 Å². The molecule has 0 aliphatic carbocycles. The van der Waals surface area contributed by atoms with E-state index < -0.39 is 0 Å². The van der Waals surface area contributed by atoms with Gasteiger partial charge in [-0.15, -0.1) is 0 Å². The van der Waals surface area contributed by atoms with Gasteiger partial charge < -0.3 is 15.2 Å². The van der Waals surface area contributed by atoms with Crippen LogP contribution in [0.15, 0.2) is 18.2 Å². The summed E-state index contributed by atoms with van der Waals surface area (Å²) in [5.74, 6) is 1.39. The molecule has 110 valence electrons. The number of benzene rings is 1. The quantitative estimate of drug-likeness (QED) is 0.859. The zero-order chi connectivity index (χ0) is 14.3. The van der Waals surface area contributed by atoms with Crippen LogP contribution in [-0.4, -0.2) is 18.3 Å². The Morgan fingerprint density at radius 1 is 1.35 bits per heavy atom. The van der Waals surface area contributed by atoms with Crippen molar-refractivity contribution < 1.29 is 9.47 Å². The first-order valence-corrected chi connectivity index (χ1v) is 7.72. The van der Waals surface area contributed by atoms with Crippen LogP contribution < -0.4 is 10.5 Å². The van der Waals surface area contributed by atoms with Crippen LogP contribution in [0.2, 0.25) is 5.02 Å². The Morgan fingerprint density at radius 3 is 2.90 bits per heavy atom. The minimum absolute atomic E-state index is 0.0108. The highest BCUT2D eigenvalue weighted by atomic mass is 35.5. The fourth-order valence-electron chi connectivity index (χ4n) is 3.32. The lowest BCUT2D eigenvalue weighted by Gasteiger charge is -2.46. The Morgan fingerprint density at radius 2 is 2.15 bits per heavy atom.